The van der Waals surface area contributed by atoms with Crippen LogP contribution in [0.5, 0.6) is 0 Å². The number of hydrogen-bond acceptors (Lipinski definition) is 5. The van der Waals surface area contributed by atoms with E-state index >= 15 is 0 Å². The van der Waals surface area contributed by atoms with Crippen molar-refractivity contribution in [3.63, 3.8) is 0 Å². The molecular weight excluding hydrogens is 306 g/mol. The minimum absolute atomic E-state index is 0.0480. The Hall–Kier alpha value is -1.89. The highest BCUT2D eigenvalue weighted by atomic mass is 32.2. The number of aryl methyl sites for hydroxylation is 1. The van der Waals surface area contributed by atoms with Gasteiger partial charge in [-0.15, -0.1) is 0 Å². The Morgan fingerprint density at radius 1 is 1.18 bits per heavy atom. The predicted octanol–water partition coefficient (Wildman–Crippen LogP) is 1.23. The molecule has 0 aliphatic rings. The molecule has 22 heavy (non-hydrogen) atoms. The molecule has 0 spiro atoms. The van der Waals surface area contributed by atoms with Gasteiger partial charge in [-0.1, -0.05) is 17.7 Å². The Labute approximate surface area is 130 Å². The molecule has 0 saturated carbocycles. The van der Waals surface area contributed by atoms with Crippen LogP contribution < -0.4 is 5.32 Å². The molecule has 0 unspecified atom stereocenters. The number of ether oxygens (including phenoxy) is 1. The van der Waals surface area contributed by atoms with Gasteiger partial charge >= 0.3 is 5.97 Å². The van der Waals surface area contributed by atoms with Gasteiger partial charge in [0.25, 0.3) is 5.91 Å². The zero-order chi connectivity index (χ0) is 16.8. The first-order valence-corrected chi connectivity index (χ1v) is 8.60. The molecule has 1 aromatic carbocycles. The molecule has 0 bridgehead atoms. The Kier molecular flexibility index (Phi) is 6.55. The summed E-state index contributed by atoms with van der Waals surface area (Å²) in [6.07, 6.45) is -0.287. The van der Waals surface area contributed by atoms with Gasteiger partial charge in [0.2, 0.25) is 0 Å². The Balaban J connectivity index is 2.46. The smallest absolute Gasteiger partial charge is 0.307 e. The van der Waals surface area contributed by atoms with Crippen LogP contribution in [0.1, 0.15) is 25.8 Å². The molecule has 1 amide bonds. The zero-order valence-electron chi connectivity index (χ0n) is 13.0. The van der Waals surface area contributed by atoms with Crippen molar-refractivity contribution in [2.24, 2.45) is 0 Å². The van der Waals surface area contributed by atoms with Gasteiger partial charge in [0.05, 0.1) is 17.1 Å². The third-order valence-corrected chi connectivity index (χ3v) is 4.50. The van der Waals surface area contributed by atoms with Gasteiger partial charge in [0.1, 0.15) is 0 Å². The first-order chi connectivity index (χ1) is 10.2. The average molecular weight is 327 g/mol. The van der Waals surface area contributed by atoms with Gasteiger partial charge in [0.15, 0.2) is 16.4 Å². The largest absolute Gasteiger partial charge is 0.456 e. The van der Waals surface area contributed by atoms with Crippen LogP contribution in [-0.2, 0) is 24.2 Å². The van der Waals surface area contributed by atoms with Gasteiger partial charge < -0.3 is 10.1 Å². The third-order valence-electron chi connectivity index (χ3n) is 2.77. The lowest BCUT2D eigenvalue weighted by Gasteiger charge is -2.09. The van der Waals surface area contributed by atoms with Gasteiger partial charge in [-0.25, -0.2) is 8.42 Å². The Bertz CT molecular complexity index is 620. The van der Waals surface area contributed by atoms with Crippen LogP contribution in [0, 0.1) is 6.92 Å². The molecule has 1 rings (SSSR count). The van der Waals surface area contributed by atoms with E-state index in [-0.39, 0.29) is 23.1 Å². The van der Waals surface area contributed by atoms with E-state index in [4.69, 9.17) is 4.74 Å². The average Bonchev–Trinajstić information content (AvgIpc) is 2.43. The fourth-order valence-electron chi connectivity index (χ4n) is 1.66. The summed E-state index contributed by atoms with van der Waals surface area (Å²) in [7, 11) is -3.53. The maximum absolute atomic E-state index is 12.0. The number of hydrogen-bond donors (Lipinski definition) is 1. The number of sulfone groups is 1. The molecule has 1 N–H and O–H groups in total. The number of amides is 1. The van der Waals surface area contributed by atoms with Crippen molar-refractivity contribution < 1.29 is 22.7 Å². The van der Waals surface area contributed by atoms with E-state index < -0.39 is 28.3 Å². The van der Waals surface area contributed by atoms with Crippen LogP contribution in [0.15, 0.2) is 29.2 Å². The molecule has 0 aliphatic heterocycles. The summed E-state index contributed by atoms with van der Waals surface area (Å²) in [5.41, 5.74) is 0.953. The lowest BCUT2D eigenvalue weighted by molar-refractivity contribution is -0.148. The second-order valence-corrected chi connectivity index (χ2v) is 7.37. The van der Waals surface area contributed by atoms with E-state index in [1.54, 1.807) is 26.0 Å². The van der Waals surface area contributed by atoms with Crippen molar-refractivity contribution >= 4 is 21.7 Å². The number of carbonyl (C=O) groups excluding carboxylic acids is 2. The zero-order valence-corrected chi connectivity index (χ0v) is 13.8. The summed E-state index contributed by atoms with van der Waals surface area (Å²) in [6.45, 7) is 5.03. The Morgan fingerprint density at radius 3 is 2.32 bits per heavy atom. The molecule has 6 nitrogen and oxygen atoms in total. The van der Waals surface area contributed by atoms with E-state index in [2.05, 4.69) is 5.32 Å². The number of nitrogens with one attached hydrogen (secondary N) is 1. The van der Waals surface area contributed by atoms with Crippen LogP contribution in [0.4, 0.5) is 0 Å². The molecule has 0 aliphatic carbocycles. The second kappa shape index (κ2) is 7.93. The monoisotopic (exact) mass is 327 g/mol. The van der Waals surface area contributed by atoms with Crippen molar-refractivity contribution in [2.75, 3.05) is 12.4 Å². The SMILES string of the molecule is Cc1ccc(S(=O)(=O)CCC(=O)OCC(=O)NC(C)C)cc1. The first-order valence-electron chi connectivity index (χ1n) is 6.95. The van der Waals surface area contributed by atoms with Crippen LogP contribution in [0.25, 0.3) is 0 Å². The van der Waals surface area contributed by atoms with Crippen LogP contribution >= 0.6 is 0 Å². The summed E-state index contributed by atoms with van der Waals surface area (Å²) in [5.74, 6) is -1.47. The summed E-state index contributed by atoms with van der Waals surface area (Å²) in [6, 6.07) is 6.36. The summed E-state index contributed by atoms with van der Waals surface area (Å²) >= 11 is 0. The highest BCUT2D eigenvalue weighted by molar-refractivity contribution is 7.91. The van der Waals surface area contributed by atoms with E-state index in [0.29, 0.717) is 0 Å². The minimum Gasteiger partial charge on any atom is -0.456 e. The lowest BCUT2D eigenvalue weighted by atomic mass is 10.2. The fourth-order valence-corrected chi connectivity index (χ4v) is 2.88. The quantitative estimate of drug-likeness (QED) is 0.761. The number of rotatable bonds is 7. The topological polar surface area (TPSA) is 89.5 Å². The van der Waals surface area contributed by atoms with Gasteiger partial charge in [-0.2, -0.15) is 0 Å². The van der Waals surface area contributed by atoms with Crippen molar-refractivity contribution in [3.05, 3.63) is 29.8 Å². The molecule has 0 radical (unpaired) electrons. The number of benzene rings is 1. The first kappa shape index (κ1) is 18.2. The third kappa shape index (κ3) is 6.26. The summed E-state index contributed by atoms with van der Waals surface area (Å²) in [4.78, 5) is 23.0. The molecule has 0 aromatic heterocycles. The molecule has 0 fully saturated rings. The molecule has 0 saturated heterocycles. The van der Waals surface area contributed by atoms with Gasteiger partial charge in [0, 0.05) is 6.04 Å². The van der Waals surface area contributed by atoms with Gasteiger partial charge in [-0.05, 0) is 32.9 Å². The summed E-state index contributed by atoms with van der Waals surface area (Å²) < 4.78 is 28.8. The van der Waals surface area contributed by atoms with E-state index in [9.17, 15) is 18.0 Å². The van der Waals surface area contributed by atoms with Crippen molar-refractivity contribution in [1.29, 1.82) is 0 Å². The standard InChI is InChI=1S/C15H21NO5S/c1-11(2)16-14(17)10-21-15(18)8-9-22(19,20)13-6-4-12(3)5-7-13/h4-7,11H,8-10H2,1-3H3,(H,16,17). The van der Waals surface area contributed by atoms with Crippen molar-refractivity contribution in [2.45, 2.75) is 38.1 Å². The van der Waals surface area contributed by atoms with Crippen LogP contribution in [0.2, 0.25) is 0 Å². The molecule has 0 atom stereocenters. The fraction of sp³-hybridized carbons (Fsp3) is 0.467. The molecule has 1 aromatic rings. The molecule has 7 heteroatoms. The maximum Gasteiger partial charge on any atom is 0.307 e. The van der Waals surface area contributed by atoms with Crippen LogP contribution in [-0.4, -0.2) is 38.7 Å². The molecule has 122 valence electrons. The Morgan fingerprint density at radius 2 is 1.77 bits per heavy atom. The molecule has 0 heterocycles. The highest BCUT2D eigenvalue weighted by Gasteiger charge is 2.17. The molecular formula is C15H21NO5S. The number of esters is 1. The summed E-state index contributed by atoms with van der Waals surface area (Å²) in [5, 5.41) is 2.57. The lowest BCUT2D eigenvalue weighted by Crippen LogP contribution is -2.34. The minimum atomic E-state index is -3.53. The second-order valence-electron chi connectivity index (χ2n) is 5.26. The normalized spacial score (nSPS) is 11.3. The van der Waals surface area contributed by atoms with Crippen molar-refractivity contribution in [1.82, 2.24) is 5.32 Å². The van der Waals surface area contributed by atoms with E-state index in [1.165, 1.54) is 12.1 Å². The van der Waals surface area contributed by atoms with Gasteiger partial charge in [-0.3, -0.25) is 9.59 Å². The number of carbonyl (C=O) groups is 2. The van der Waals surface area contributed by atoms with E-state index in [0.717, 1.165) is 5.56 Å². The highest BCUT2D eigenvalue weighted by Crippen LogP contribution is 2.13. The maximum atomic E-state index is 12.0. The predicted molar refractivity (Wildman–Crippen MR) is 82.1 cm³/mol. The van der Waals surface area contributed by atoms with Crippen molar-refractivity contribution in [3.8, 4) is 0 Å². The van der Waals surface area contributed by atoms with E-state index in [1.807, 2.05) is 6.92 Å². The van der Waals surface area contributed by atoms with Crippen LogP contribution in [0.3, 0.4) is 0 Å².